The van der Waals surface area contributed by atoms with Gasteiger partial charge in [0, 0.05) is 38.3 Å². The smallest absolute Gasteiger partial charge is 0.160 e. The lowest BCUT2D eigenvalue weighted by Gasteiger charge is -2.44. The molecule has 2 aliphatic rings. The van der Waals surface area contributed by atoms with Crippen LogP contribution in [0.4, 0.5) is 0 Å². The zero-order valence-corrected chi connectivity index (χ0v) is 12.0. The molecule has 2 fully saturated rings. The lowest BCUT2D eigenvalue weighted by molar-refractivity contribution is -0.119. The van der Waals surface area contributed by atoms with Crippen LogP contribution in [0.5, 0.6) is 0 Å². The maximum absolute atomic E-state index is 12.1. The van der Waals surface area contributed by atoms with E-state index in [4.69, 9.17) is 0 Å². The predicted molar refractivity (Wildman–Crippen MR) is 74.4 cm³/mol. The fourth-order valence-corrected chi connectivity index (χ4v) is 3.46. The van der Waals surface area contributed by atoms with Crippen molar-refractivity contribution in [3.63, 3.8) is 0 Å². The second-order valence-corrected chi connectivity index (χ2v) is 5.95. The molecule has 3 heteroatoms. The highest BCUT2D eigenvalue weighted by Gasteiger charge is 2.37. The molecule has 0 bridgehead atoms. The molecule has 0 aromatic rings. The maximum atomic E-state index is 12.1. The van der Waals surface area contributed by atoms with Crippen molar-refractivity contribution in [3.8, 4) is 0 Å². The van der Waals surface area contributed by atoms with E-state index in [1.807, 2.05) is 25.2 Å². The number of carbonyl (C=O) groups is 1. The van der Waals surface area contributed by atoms with Crippen LogP contribution in [0.3, 0.4) is 0 Å². The van der Waals surface area contributed by atoms with Gasteiger partial charge in [-0.2, -0.15) is 0 Å². The fourth-order valence-electron chi connectivity index (χ4n) is 3.46. The number of ketones is 1. The van der Waals surface area contributed by atoms with Crippen molar-refractivity contribution in [2.45, 2.75) is 45.1 Å². The number of carbonyl (C=O) groups excluding carboxylic acids is 1. The van der Waals surface area contributed by atoms with Crippen LogP contribution in [0, 0.1) is 5.92 Å². The van der Waals surface area contributed by atoms with Gasteiger partial charge in [-0.1, -0.05) is 6.92 Å². The number of piperidine rings is 1. The molecule has 0 radical (unpaired) electrons. The van der Waals surface area contributed by atoms with Crippen molar-refractivity contribution in [1.82, 2.24) is 9.80 Å². The van der Waals surface area contributed by atoms with Crippen molar-refractivity contribution in [2.24, 2.45) is 5.92 Å². The molecule has 2 atom stereocenters. The second kappa shape index (κ2) is 5.87. The molecule has 18 heavy (non-hydrogen) atoms. The number of Topliss-reactive ketones (excluding diaryl/α,β-unsaturated/α-hetero) is 1. The first-order chi connectivity index (χ1) is 8.61. The molecule has 0 spiro atoms. The van der Waals surface area contributed by atoms with Crippen molar-refractivity contribution >= 4 is 5.78 Å². The minimum atomic E-state index is 0.378. The molecule has 102 valence electrons. The highest BCUT2D eigenvalue weighted by molar-refractivity contribution is 5.96. The molecule has 1 saturated heterocycles. The average molecular weight is 250 g/mol. The van der Waals surface area contributed by atoms with E-state index in [2.05, 4.69) is 11.8 Å². The fraction of sp³-hybridized carbons (Fsp3) is 0.800. The quantitative estimate of drug-likeness (QED) is 0.718. The molecular weight excluding hydrogens is 224 g/mol. The van der Waals surface area contributed by atoms with Gasteiger partial charge in [-0.3, -0.25) is 9.69 Å². The number of rotatable bonds is 3. The van der Waals surface area contributed by atoms with Crippen molar-refractivity contribution < 1.29 is 4.79 Å². The molecule has 1 aliphatic heterocycles. The van der Waals surface area contributed by atoms with Crippen molar-refractivity contribution in [3.05, 3.63) is 11.8 Å². The Hall–Kier alpha value is -0.830. The third-order valence-electron chi connectivity index (χ3n) is 4.19. The van der Waals surface area contributed by atoms with Crippen LogP contribution in [-0.2, 0) is 4.79 Å². The highest BCUT2D eigenvalue weighted by atomic mass is 16.1. The minimum absolute atomic E-state index is 0.378. The van der Waals surface area contributed by atoms with Gasteiger partial charge in [-0.05, 0) is 44.7 Å². The van der Waals surface area contributed by atoms with E-state index in [9.17, 15) is 4.79 Å². The summed E-state index contributed by atoms with van der Waals surface area (Å²) in [5.74, 6) is 0.986. The van der Waals surface area contributed by atoms with Crippen LogP contribution in [0.25, 0.3) is 0 Å². The monoisotopic (exact) mass is 250 g/mol. The summed E-state index contributed by atoms with van der Waals surface area (Å²) >= 11 is 0. The summed E-state index contributed by atoms with van der Waals surface area (Å²) < 4.78 is 0. The molecular formula is C15H26N2O. The summed E-state index contributed by atoms with van der Waals surface area (Å²) in [5.41, 5.74) is 1.03. The Bertz CT molecular complexity index is 333. The third kappa shape index (κ3) is 2.94. The summed E-state index contributed by atoms with van der Waals surface area (Å²) in [6, 6.07) is 0.614. The van der Waals surface area contributed by atoms with Gasteiger partial charge in [0.1, 0.15) is 0 Å². The second-order valence-electron chi connectivity index (χ2n) is 5.95. The standard InChI is InChI=1S/C15H26N2O/c1-4-7-17-8-5-6-12-10-15(18)13(9-14(12)17)11-16(2)3/h11-12,14H,4-10H2,1-3H3/b13-11+. The van der Waals surface area contributed by atoms with E-state index in [0.717, 1.165) is 18.4 Å². The molecule has 3 nitrogen and oxygen atoms in total. The Kier molecular flexibility index (Phi) is 4.44. The normalized spacial score (nSPS) is 31.5. The SMILES string of the molecule is CCCN1CCCC2CC(=O)/C(=C/N(C)C)CC21. The van der Waals surface area contributed by atoms with E-state index in [1.165, 1.54) is 32.4 Å². The first-order valence-corrected chi connectivity index (χ1v) is 7.26. The van der Waals surface area contributed by atoms with Crippen LogP contribution >= 0.6 is 0 Å². The van der Waals surface area contributed by atoms with E-state index in [-0.39, 0.29) is 0 Å². The van der Waals surface area contributed by atoms with Gasteiger partial charge in [0.05, 0.1) is 0 Å². The predicted octanol–water partition coefficient (Wildman–Crippen LogP) is 2.29. The maximum Gasteiger partial charge on any atom is 0.160 e. The largest absolute Gasteiger partial charge is 0.383 e. The third-order valence-corrected chi connectivity index (χ3v) is 4.19. The number of nitrogens with zero attached hydrogens (tertiary/aromatic N) is 2. The molecule has 0 aromatic carbocycles. The molecule has 2 rings (SSSR count). The van der Waals surface area contributed by atoms with E-state index < -0.39 is 0 Å². The topological polar surface area (TPSA) is 23.6 Å². The van der Waals surface area contributed by atoms with Gasteiger partial charge in [-0.25, -0.2) is 0 Å². The van der Waals surface area contributed by atoms with Crippen LogP contribution in [0.1, 0.15) is 39.0 Å². The van der Waals surface area contributed by atoms with Crippen molar-refractivity contribution in [1.29, 1.82) is 0 Å². The first kappa shape index (κ1) is 13.6. The molecule has 2 unspecified atom stereocenters. The molecule has 0 amide bonds. The minimum Gasteiger partial charge on any atom is -0.383 e. The number of hydrogen-bond acceptors (Lipinski definition) is 3. The van der Waals surface area contributed by atoms with Crippen LogP contribution in [0.15, 0.2) is 11.8 Å². The van der Waals surface area contributed by atoms with Crippen LogP contribution < -0.4 is 0 Å². The number of hydrogen-bond donors (Lipinski definition) is 0. The Morgan fingerprint density at radius 2 is 2.17 bits per heavy atom. The Morgan fingerprint density at radius 3 is 2.83 bits per heavy atom. The number of fused-ring (bicyclic) bond motifs is 1. The Morgan fingerprint density at radius 1 is 1.39 bits per heavy atom. The van der Waals surface area contributed by atoms with E-state index >= 15 is 0 Å². The summed E-state index contributed by atoms with van der Waals surface area (Å²) in [7, 11) is 3.99. The zero-order chi connectivity index (χ0) is 13.1. The molecule has 0 aromatic heterocycles. The van der Waals surface area contributed by atoms with Crippen LogP contribution in [0.2, 0.25) is 0 Å². The molecule has 1 heterocycles. The van der Waals surface area contributed by atoms with Gasteiger partial charge in [0.2, 0.25) is 0 Å². The average Bonchev–Trinajstić information content (AvgIpc) is 2.31. The van der Waals surface area contributed by atoms with Gasteiger partial charge in [0.15, 0.2) is 5.78 Å². The van der Waals surface area contributed by atoms with Gasteiger partial charge in [0.25, 0.3) is 0 Å². The zero-order valence-electron chi connectivity index (χ0n) is 12.0. The van der Waals surface area contributed by atoms with Crippen molar-refractivity contribution in [2.75, 3.05) is 27.2 Å². The van der Waals surface area contributed by atoms with Gasteiger partial charge >= 0.3 is 0 Å². The molecule has 1 aliphatic carbocycles. The Balaban J connectivity index is 2.12. The Labute approximate surface area is 111 Å². The van der Waals surface area contributed by atoms with Gasteiger partial charge in [-0.15, -0.1) is 0 Å². The van der Waals surface area contributed by atoms with Gasteiger partial charge < -0.3 is 4.90 Å². The summed E-state index contributed by atoms with van der Waals surface area (Å²) in [6.07, 6.45) is 7.47. The lowest BCUT2D eigenvalue weighted by Crippen LogP contribution is -2.49. The first-order valence-electron chi connectivity index (χ1n) is 7.26. The number of likely N-dealkylation sites (tertiary alicyclic amines) is 1. The van der Waals surface area contributed by atoms with E-state index in [1.54, 1.807) is 0 Å². The summed E-state index contributed by atoms with van der Waals surface area (Å²) in [6.45, 7) is 4.65. The summed E-state index contributed by atoms with van der Waals surface area (Å²) in [5, 5.41) is 0. The highest BCUT2D eigenvalue weighted by Crippen LogP contribution is 2.36. The van der Waals surface area contributed by atoms with E-state index in [0.29, 0.717) is 17.7 Å². The molecule has 0 N–H and O–H groups in total. The molecule has 1 saturated carbocycles. The lowest BCUT2D eigenvalue weighted by atomic mass is 9.75. The summed E-state index contributed by atoms with van der Waals surface area (Å²) in [4.78, 5) is 16.8. The van der Waals surface area contributed by atoms with Crippen LogP contribution in [-0.4, -0.2) is 48.8 Å².